The predicted molar refractivity (Wildman–Crippen MR) is 147 cm³/mol. The minimum atomic E-state index is -2.24. The van der Waals surface area contributed by atoms with Gasteiger partial charge in [0.2, 0.25) is 11.9 Å². The Morgan fingerprint density at radius 3 is 2.40 bits per heavy atom. The first-order valence-corrected chi connectivity index (χ1v) is 16.9. The number of carbonyl (C=O) groups excluding carboxylic acids is 3. The van der Waals surface area contributed by atoms with Crippen LogP contribution < -0.4 is 0 Å². The van der Waals surface area contributed by atoms with Crippen molar-refractivity contribution in [2.45, 2.75) is 113 Å². The van der Waals surface area contributed by atoms with Crippen LogP contribution in [0.25, 0.3) is 0 Å². The zero-order valence-electron chi connectivity index (χ0n) is 23.9. The van der Waals surface area contributed by atoms with E-state index in [0.717, 1.165) is 18.1 Å². The average Bonchev–Trinajstić information content (AvgIpc) is 3.72. The van der Waals surface area contributed by atoms with Crippen molar-refractivity contribution in [2.24, 2.45) is 28.1 Å². The summed E-state index contributed by atoms with van der Waals surface area (Å²) in [4.78, 5) is 48.4. The van der Waals surface area contributed by atoms with Crippen molar-refractivity contribution in [1.29, 1.82) is 0 Å². The SMILES string of the molecule is C[C@@H]1C(=O)O[C@H]2[C@H](O)[C@@]34[C@H]5C[C@@H](C(C)(C)C)[C@]36[C@@H](OC(=O)[C@@H]6O)O[C@@]4(C(=O)O5)[C@@]12O.O=C(O)CCCCC1CCSS1. The monoisotopic (exact) mass is 630 g/mol. The molecule has 42 heavy (non-hydrogen) atoms. The summed E-state index contributed by atoms with van der Waals surface area (Å²) in [5.74, 6) is -3.71. The smallest absolute Gasteiger partial charge is 0.343 e. The molecular weight excluding hydrogens is 592 g/mol. The van der Waals surface area contributed by atoms with Crippen molar-refractivity contribution in [3.63, 3.8) is 0 Å². The van der Waals surface area contributed by atoms with Crippen LogP contribution in [0.5, 0.6) is 0 Å². The third kappa shape index (κ3) is 3.37. The van der Waals surface area contributed by atoms with Crippen LogP contribution in [0.3, 0.4) is 0 Å². The van der Waals surface area contributed by atoms with E-state index in [-0.39, 0.29) is 6.42 Å². The highest BCUT2D eigenvalue weighted by Gasteiger charge is 3.03. The van der Waals surface area contributed by atoms with E-state index in [1.807, 2.05) is 42.4 Å². The Morgan fingerprint density at radius 1 is 1.07 bits per heavy atom. The molecule has 0 radical (unpaired) electrons. The van der Waals surface area contributed by atoms with Gasteiger partial charge in [0.15, 0.2) is 17.8 Å². The van der Waals surface area contributed by atoms with Crippen LogP contribution in [-0.4, -0.2) is 97.2 Å². The summed E-state index contributed by atoms with van der Waals surface area (Å²) in [6, 6.07) is 0. The van der Waals surface area contributed by atoms with Gasteiger partial charge in [0.25, 0.3) is 0 Å². The fourth-order valence-corrected chi connectivity index (χ4v) is 12.4. The molecule has 5 aliphatic heterocycles. The van der Waals surface area contributed by atoms with Crippen molar-refractivity contribution >= 4 is 45.5 Å². The third-order valence-corrected chi connectivity index (χ3v) is 13.9. The van der Waals surface area contributed by atoms with Crippen LogP contribution in [0.1, 0.15) is 66.2 Å². The number of aliphatic hydroxyl groups excluding tert-OH is 2. The molecule has 1 unspecified atom stereocenters. The Hall–Kier alpha value is -1.58. The third-order valence-electron chi connectivity index (χ3n) is 10.9. The molecule has 0 aromatic heterocycles. The molecule has 2 aliphatic carbocycles. The molecule has 234 valence electrons. The van der Waals surface area contributed by atoms with Crippen molar-refractivity contribution in [1.82, 2.24) is 0 Å². The van der Waals surface area contributed by atoms with Crippen LogP contribution in [0.15, 0.2) is 0 Å². The molecule has 5 saturated heterocycles. The molecule has 7 aliphatic rings. The number of aliphatic hydroxyl groups is 3. The minimum absolute atomic E-state index is 0.229. The second kappa shape index (κ2) is 9.71. The van der Waals surface area contributed by atoms with Crippen molar-refractivity contribution in [3.05, 3.63) is 0 Å². The lowest BCUT2D eigenvalue weighted by molar-refractivity contribution is -0.239. The standard InChI is InChI=1S/C20H24O10.C8H14O2S2/c1-6-12(23)28-11-9(21)18-8-5-7(16(2,3)4)17(18)10(22)13(24)29-15(17)30-20(18,14(25)27-8)19(6,11)26;9-8(10)4-2-1-3-7-5-6-11-12-7/h6-11,15,21-22,26H,5H2,1-4H3;7H,1-6H2,(H,9,10)/t6-,7+,8-,9+,10+,11+,15+,17+,18+,19-,20-;/m1./s1. The first-order chi connectivity index (χ1) is 19.6. The molecule has 2 saturated carbocycles. The Morgan fingerprint density at radius 2 is 1.79 bits per heavy atom. The maximum absolute atomic E-state index is 13.4. The number of carbonyl (C=O) groups is 4. The van der Waals surface area contributed by atoms with Gasteiger partial charge in [-0.1, -0.05) is 48.8 Å². The molecule has 0 aromatic rings. The Labute approximate surface area is 250 Å². The molecule has 14 heteroatoms. The highest BCUT2D eigenvalue weighted by Crippen LogP contribution is 2.84. The van der Waals surface area contributed by atoms with Crippen molar-refractivity contribution in [2.75, 3.05) is 5.75 Å². The van der Waals surface area contributed by atoms with E-state index in [9.17, 15) is 34.5 Å². The van der Waals surface area contributed by atoms with Gasteiger partial charge in [-0.25, -0.2) is 9.59 Å². The summed E-state index contributed by atoms with van der Waals surface area (Å²) >= 11 is 0. The summed E-state index contributed by atoms with van der Waals surface area (Å²) in [6.45, 7) is 7.14. The van der Waals surface area contributed by atoms with E-state index in [1.54, 1.807) is 0 Å². The summed E-state index contributed by atoms with van der Waals surface area (Å²) in [6.07, 6.45) is -2.14. The number of esters is 3. The van der Waals surface area contributed by atoms with Gasteiger partial charge in [-0.05, 0) is 43.9 Å². The van der Waals surface area contributed by atoms with Gasteiger partial charge >= 0.3 is 23.9 Å². The second-order valence-electron chi connectivity index (χ2n) is 13.6. The summed E-state index contributed by atoms with van der Waals surface area (Å²) in [5, 5.41) is 43.9. The van der Waals surface area contributed by atoms with Crippen molar-refractivity contribution < 1.29 is 58.6 Å². The highest BCUT2D eigenvalue weighted by atomic mass is 33.1. The van der Waals surface area contributed by atoms with Gasteiger partial charge in [0, 0.05) is 17.4 Å². The van der Waals surface area contributed by atoms with Crippen molar-refractivity contribution in [3.8, 4) is 0 Å². The molecule has 7 rings (SSSR count). The number of carboxylic acids is 1. The van der Waals surface area contributed by atoms with E-state index < -0.39 is 93.9 Å². The Balaban J connectivity index is 0.000000223. The van der Waals surface area contributed by atoms with Gasteiger partial charge in [-0.2, -0.15) is 0 Å². The molecule has 12 atom stereocenters. The topological polar surface area (TPSA) is 186 Å². The van der Waals surface area contributed by atoms with Gasteiger partial charge in [-0.15, -0.1) is 0 Å². The van der Waals surface area contributed by atoms with E-state index in [2.05, 4.69) is 0 Å². The summed E-state index contributed by atoms with van der Waals surface area (Å²) < 4.78 is 22.5. The number of fused-ring (bicyclic) bond motifs is 1. The van der Waals surface area contributed by atoms with Gasteiger partial charge in [0.05, 0.1) is 16.7 Å². The highest BCUT2D eigenvalue weighted by molar-refractivity contribution is 8.77. The normalized spacial score (nSPS) is 49.5. The lowest BCUT2D eigenvalue weighted by Crippen LogP contribution is -2.67. The molecule has 5 heterocycles. The molecule has 7 fully saturated rings. The van der Waals surface area contributed by atoms with Crippen LogP contribution in [0.4, 0.5) is 0 Å². The fraction of sp³-hybridized carbons (Fsp3) is 0.857. The number of rotatable bonds is 5. The lowest BCUT2D eigenvalue weighted by atomic mass is 9.51. The number of aliphatic carboxylic acids is 1. The van der Waals surface area contributed by atoms with E-state index >= 15 is 0 Å². The predicted octanol–water partition coefficient (Wildman–Crippen LogP) is 1.42. The van der Waals surface area contributed by atoms with E-state index in [0.29, 0.717) is 6.42 Å². The maximum atomic E-state index is 13.4. The number of hydrogen-bond acceptors (Lipinski definition) is 13. The molecule has 0 aromatic carbocycles. The quantitative estimate of drug-likeness (QED) is 0.148. The van der Waals surface area contributed by atoms with Gasteiger partial charge in [-0.3, -0.25) is 9.59 Å². The number of ether oxygens (including phenoxy) is 4. The average molecular weight is 631 g/mol. The van der Waals surface area contributed by atoms with Crippen LogP contribution in [0, 0.1) is 28.1 Å². The lowest BCUT2D eigenvalue weighted by Gasteiger charge is -2.47. The summed E-state index contributed by atoms with van der Waals surface area (Å²) in [7, 11) is 3.92. The second-order valence-corrected chi connectivity index (χ2v) is 16.4. The van der Waals surface area contributed by atoms with E-state index in [4.69, 9.17) is 24.1 Å². The number of hydrogen-bond donors (Lipinski definition) is 4. The first kappa shape index (κ1) is 30.4. The first-order valence-electron chi connectivity index (χ1n) is 14.5. The Kier molecular flexibility index (Phi) is 7.04. The van der Waals surface area contributed by atoms with Gasteiger partial charge < -0.3 is 39.4 Å². The molecule has 2 spiro atoms. The zero-order valence-corrected chi connectivity index (χ0v) is 25.6. The summed E-state index contributed by atoms with van der Waals surface area (Å²) in [5.41, 5.74) is -8.26. The van der Waals surface area contributed by atoms with Gasteiger partial charge in [0.1, 0.15) is 12.2 Å². The zero-order chi connectivity index (χ0) is 30.6. The van der Waals surface area contributed by atoms with Crippen LogP contribution >= 0.6 is 21.6 Å². The molecule has 12 nitrogen and oxygen atoms in total. The molecule has 0 amide bonds. The Bertz CT molecular complexity index is 1200. The van der Waals surface area contributed by atoms with Crippen LogP contribution in [-0.2, 0) is 38.1 Å². The van der Waals surface area contributed by atoms with Crippen LogP contribution in [0.2, 0.25) is 0 Å². The number of carboxylic acid groups (broad SMARTS) is 1. The maximum Gasteiger partial charge on any atom is 0.343 e. The molecule has 0 bridgehead atoms. The van der Waals surface area contributed by atoms with E-state index in [1.165, 1.54) is 25.5 Å². The largest absolute Gasteiger partial charge is 0.481 e. The molecular formula is C28H38O12S2. The minimum Gasteiger partial charge on any atom is -0.481 e. The number of unbranched alkanes of at least 4 members (excludes halogenated alkanes) is 1. The molecule has 4 N–H and O–H groups in total. The fourth-order valence-electron chi connectivity index (χ4n) is 9.33.